The first kappa shape index (κ1) is 20.8. The van der Waals surface area contributed by atoms with Crippen molar-refractivity contribution in [2.24, 2.45) is 0 Å². The smallest absolute Gasteiger partial charge is 0.263 e. The predicted octanol–water partition coefficient (Wildman–Crippen LogP) is 4.38. The fourth-order valence-corrected chi connectivity index (χ4v) is 3.69. The molecule has 0 aliphatic carbocycles. The summed E-state index contributed by atoms with van der Waals surface area (Å²) < 4.78 is 11.7. The number of rotatable bonds is 7. The lowest BCUT2D eigenvalue weighted by molar-refractivity contribution is -0.138. The number of hydrogen-bond donors (Lipinski definition) is 0. The van der Waals surface area contributed by atoms with Gasteiger partial charge in [-0.05, 0) is 48.9 Å². The zero-order valence-electron chi connectivity index (χ0n) is 17.8. The van der Waals surface area contributed by atoms with Crippen LogP contribution in [0.2, 0.25) is 0 Å². The molecule has 3 aromatic rings. The fourth-order valence-electron chi connectivity index (χ4n) is 3.69. The number of ether oxygens (including phenoxy) is 2. The quantitative estimate of drug-likeness (QED) is 0.573. The molecule has 160 valence electrons. The van der Waals surface area contributed by atoms with Crippen LogP contribution in [0, 0.1) is 0 Å². The Morgan fingerprint density at radius 2 is 1.39 bits per heavy atom. The van der Waals surface area contributed by atoms with Crippen molar-refractivity contribution in [3.05, 3.63) is 90.5 Å². The van der Waals surface area contributed by atoms with Crippen LogP contribution in [0.25, 0.3) is 0 Å². The first-order valence-corrected chi connectivity index (χ1v) is 10.7. The van der Waals surface area contributed by atoms with E-state index in [1.807, 2.05) is 84.6 Å². The second-order valence-corrected chi connectivity index (χ2v) is 7.65. The van der Waals surface area contributed by atoms with E-state index in [0.717, 1.165) is 24.4 Å². The summed E-state index contributed by atoms with van der Waals surface area (Å²) in [6.45, 7) is 5.39. The minimum atomic E-state index is -0.528. The number of benzene rings is 3. The van der Waals surface area contributed by atoms with Gasteiger partial charge in [0.2, 0.25) is 0 Å². The molecule has 31 heavy (non-hydrogen) atoms. The van der Waals surface area contributed by atoms with Gasteiger partial charge in [0, 0.05) is 31.9 Å². The molecule has 1 saturated heterocycles. The first-order chi connectivity index (χ1) is 15.2. The number of para-hydroxylation sites is 1. The molecular weight excluding hydrogens is 388 g/mol. The normalized spacial score (nSPS) is 14.7. The fraction of sp³-hybridized carbons (Fsp3) is 0.269. The molecule has 0 saturated carbocycles. The van der Waals surface area contributed by atoms with Crippen molar-refractivity contribution < 1.29 is 14.3 Å². The molecule has 0 radical (unpaired) electrons. The Bertz CT molecular complexity index is 953. The molecule has 1 aliphatic rings. The van der Waals surface area contributed by atoms with Gasteiger partial charge in [-0.15, -0.1) is 0 Å². The summed E-state index contributed by atoms with van der Waals surface area (Å²) in [5.74, 6) is 1.46. The summed E-state index contributed by atoms with van der Waals surface area (Å²) in [4.78, 5) is 17.0. The van der Waals surface area contributed by atoms with Crippen LogP contribution in [0.3, 0.4) is 0 Å². The lowest BCUT2D eigenvalue weighted by atomic mass is 10.2. The Kier molecular flexibility index (Phi) is 6.72. The second kappa shape index (κ2) is 10.0. The third kappa shape index (κ3) is 5.57. The number of anilines is 1. The molecule has 1 atom stereocenters. The SMILES string of the molecule is CC(Oc1ccc(OCc2ccccc2)cc1)C(=O)N1CCN(c2ccccc2)CC1. The van der Waals surface area contributed by atoms with Crippen molar-refractivity contribution in [2.45, 2.75) is 19.6 Å². The Morgan fingerprint density at radius 1 is 0.806 bits per heavy atom. The van der Waals surface area contributed by atoms with Gasteiger partial charge in [0.15, 0.2) is 6.10 Å². The van der Waals surface area contributed by atoms with E-state index in [1.165, 1.54) is 5.69 Å². The van der Waals surface area contributed by atoms with Gasteiger partial charge in [0.25, 0.3) is 5.91 Å². The van der Waals surface area contributed by atoms with E-state index in [-0.39, 0.29) is 5.91 Å². The van der Waals surface area contributed by atoms with Crippen molar-refractivity contribution in [3.63, 3.8) is 0 Å². The van der Waals surface area contributed by atoms with Crippen LogP contribution >= 0.6 is 0 Å². The van der Waals surface area contributed by atoms with Crippen LogP contribution in [-0.2, 0) is 11.4 Å². The van der Waals surface area contributed by atoms with Gasteiger partial charge in [-0.1, -0.05) is 48.5 Å². The zero-order chi connectivity index (χ0) is 21.5. The van der Waals surface area contributed by atoms with Crippen LogP contribution < -0.4 is 14.4 Å². The lowest BCUT2D eigenvalue weighted by Gasteiger charge is -2.37. The highest BCUT2D eigenvalue weighted by Crippen LogP contribution is 2.21. The molecule has 5 nitrogen and oxygen atoms in total. The number of carbonyl (C=O) groups excluding carboxylic acids is 1. The molecule has 0 bridgehead atoms. The maximum absolute atomic E-state index is 12.8. The number of nitrogens with zero attached hydrogens (tertiary/aromatic N) is 2. The number of amides is 1. The predicted molar refractivity (Wildman–Crippen MR) is 123 cm³/mol. The maximum Gasteiger partial charge on any atom is 0.263 e. The Morgan fingerprint density at radius 3 is 2.03 bits per heavy atom. The lowest BCUT2D eigenvalue weighted by Crippen LogP contribution is -2.52. The molecule has 0 N–H and O–H groups in total. The molecule has 1 unspecified atom stereocenters. The Hall–Kier alpha value is -3.47. The molecule has 1 aliphatic heterocycles. The summed E-state index contributed by atoms with van der Waals surface area (Å²) in [7, 11) is 0. The molecule has 4 rings (SSSR count). The first-order valence-electron chi connectivity index (χ1n) is 10.7. The van der Waals surface area contributed by atoms with Crippen molar-refractivity contribution >= 4 is 11.6 Å². The minimum Gasteiger partial charge on any atom is -0.489 e. The van der Waals surface area contributed by atoms with Crippen molar-refractivity contribution in [3.8, 4) is 11.5 Å². The Balaban J connectivity index is 1.25. The van der Waals surface area contributed by atoms with Crippen LogP contribution in [-0.4, -0.2) is 43.1 Å². The second-order valence-electron chi connectivity index (χ2n) is 7.65. The molecule has 1 fully saturated rings. The van der Waals surface area contributed by atoms with E-state index < -0.39 is 6.10 Å². The number of piperazine rings is 1. The highest BCUT2D eigenvalue weighted by atomic mass is 16.5. The molecule has 1 amide bonds. The van der Waals surface area contributed by atoms with Gasteiger partial charge in [0.1, 0.15) is 18.1 Å². The van der Waals surface area contributed by atoms with E-state index in [0.29, 0.717) is 25.4 Å². The van der Waals surface area contributed by atoms with E-state index in [9.17, 15) is 4.79 Å². The van der Waals surface area contributed by atoms with Gasteiger partial charge < -0.3 is 19.3 Å². The van der Waals surface area contributed by atoms with Gasteiger partial charge in [-0.3, -0.25) is 4.79 Å². The summed E-state index contributed by atoms with van der Waals surface area (Å²) in [6.07, 6.45) is -0.528. The molecular formula is C26H28N2O3. The van der Waals surface area contributed by atoms with Gasteiger partial charge in [-0.25, -0.2) is 0 Å². The summed E-state index contributed by atoms with van der Waals surface area (Å²) in [5, 5.41) is 0. The van der Waals surface area contributed by atoms with Crippen LogP contribution in [0.5, 0.6) is 11.5 Å². The van der Waals surface area contributed by atoms with Gasteiger partial charge >= 0.3 is 0 Å². The summed E-state index contributed by atoms with van der Waals surface area (Å²) >= 11 is 0. The van der Waals surface area contributed by atoms with Crippen molar-refractivity contribution in [2.75, 3.05) is 31.1 Å². The number of hydrogen-bond acceptors (Lipinski definition) is 4. The third-order valence-corrected chi connectivity index (χ3v) is 5.45. The summed E-state index contributed by atoms with van der Waals surface area (Å²) in [5.41, 5.74) is 2.32. The third-order valence-electron chi connectivity index (χ3n) is 5.45. The Labute approximate surface area is 183 Å². The average molecular weight is 417 g/mol. The molecule has 5 heteroatoms. The van der Waals surface area contributed by atoms with E-state index in [4.69, 9.17) is 9.47 Å². The summed E-state index contributed by atoms with van der Waals surface area (Å²) in [6, 6.07) is 27.8. The zero-order valence-corrected chi connectivity index (χ0v) is 17.8. The monoisotopic (exact) mass is 416 g/mol. The topological polar surface area (TPSA) is 42.0 Å². The maximum atomic E-state index is 12.8. The standard InChI is InChI=1S/C26H28N2O3/c1-21(26(29)28-18-16-27(17-19-28)23-10-6-3-7-11-23)31-25-14-12-24(13-15-25)30-20-22-8-4-2-5-9-22/h2-15,21H,16-20H2,1H3. The average Bonchev–Trinajstić information content (AvgIpc) is 2.84. The molecule has 0 spiro atoms. The molecule has 1 heterocycles. The van der Waals surface area contributed by atoms with Gasteiger partial charge in [0.05, 0.1) is 0 Å². The highest BCUT2D eigenvalue weighted by Gasteiger charge is 2.26. The van der Waals surface area contributed by atoms with Crippen molar-refractivity contribution in [1.29, 1.82) is 0 Å². The van der Waals surface area contributed by atoms with E-state index >= 15 is 0 Å². The molecule has 0 aromatic heterocycles. The molecule has 3 aromatic carbocycles. The van der Waals surface area contributed by atoms with E-state index in [2.05, 4.69) is 17.0 Å². The largest absolute Gasteiger partial charge is 0.489 e. The van der Waals surface area contributed by atoms with Crippen LogP contribution in [0.4, 0.5) is 5.69 Å². The number of carbonyl (C=O) groups is 1. The van der Waals surface area contributed by atoms with Gasteiger partial charge in [-0.2, -0.15) is 0 Å². The minimum absolute atomic E-state index is 0.0251. The van der Waals surface area contributed by atoms with Crippen LogP contribution in [0.15, 0.2) is 84.9 Å². The highest BCUT2D eigenvalue weighted by molar-refractivity contribution is 5.81. The van der Waals surface area contributed by atoms with Crippen molar-refractivity contribution in [1.82, 2.24) is 4.90 Å². The van der Waals surface area contributed by atoms with E-state index in [1.54, 1.807) is 0 Å². The van der Waals surface area contributed by atoms with Crippen LogP contribution in [0.1, 0.15) is 12.5 Å².